The summed E-state index contributed by atoms with van der Waals surface area (Å²) in [4.78, 5) is 12.8. The van der Waals surface area contributed by atoms with Crippen molar-refractivity contribution in [2.45, 2.75) is 38.4 Å². The number of nitrogens with zero attached hydrogens (tertiary/aromatic N) is 1. The van der Waals surface area contributed by atoms with Crippen LogP contribution in [0.3, 0.4) is 0 Å². The first-order valence-electron chi connectivity index (χ1n) is 11.5. The molecule has 1 heterocycles. The van der Waals surface area contributed by atoms with Crippen molar-refractivity contribution in [2.24, 2.45) is 0 Å². The van der Waals surface area contributed by atoms with E-state index in [2.05, 4.69) is 0 Å². The summed E-state index contributed by atoms with van der Waals surface area (Å²) in [5.74, 6) is -3.07. The summed E-state index contributed by atoms with van der Waals surface area (Å²) in [6.07, 6.45) is 3.26. The number of carboxylic acids is 1. The quantitative estimate of drug-likeness (QED) is 0.426. The molecule has 0 aromatic heterocycles. The molecule has 0 spiro atoms. The van der Waals surface area contributed by atoms with Crippen LogP contribution in [0, 0.1) is 17.5 Å². The molecule has 1 aliphatic carbocycles. The number of aliphatic carboxylic acids is 1. The van der Waals surface area contributed by atoms with Gasteiger partial charge >= 0.3 is 5.97 Å². The molecule has 2 atom stereocenters. The average molecular weight is 476 g/mol. The standard InChI is InChI=1S/C29H24F3NO2/c1-17-12-22-21-8-4-2-6-19(21)15-23(22)29(33(17)16-20-7-3-5-9-24(20)30)28-25(31)13-18(14-26(28)32)10-11-27(34)35/h2-11,13-14,17,29H,12,15-16H2,1H3,(H,34,35)/b11-10+/t17-,29+/m1/s1. The lowest BCUT2D eigenvalue weighted by molar-refractivity contribution is -0.131. The van der Waals surface area contributed by atoms with Gasteiger partial charge in [-0.05, 0) is 71.9 Å². The van der Waals surface area contributed by atoms with Gasteiger partial charge in [-0.15, -0.1) is 0 Å². The van der Waals surface area contributed by atoms with Crippen LogP contribution in [0.2, 0.25) is 0 Å². The van der Waals surface area contributed by atoms with Gasteiger partial charge in [0.15, 0.2) is 0 Å². The summed E-state index contributed by atoms with van der Waals surface area (Å²) in [5.41, 5.74) is 4.73. The van der Waals surface area contributed by atoms with E-state index < -0.39 is 23.6 Å². The zero-order chi connectivity index (χ0) is 24.7. The summed E-state index contributed by atoms with van der Waals surface area (Å²) >= 11 is 0. The lowest BCUT2D eigenvalue weighted by Crippen LogP contribution is -2.41. The number of carboxylic acid groups (broad SMARTS) is 1. The maximum atomic E-state index is 15.6. The molecule has 0 unspecified atom stereocenters. The normalized spacial score (nSPS) is 19.8. The number of hydrogen-bond acceptors (Lipinski definition) is 2. The number of hydrogen-bond donors (Lipinski definition) is 1. The van der Waals surface area contributed by atoms with Gasteiger partial charge in [-0.3, -0.25) is 4.90 Å². The fourth-order valence-corrected chi connectivity index (χ4v) is 5.36. The van der Waals surface area contributed by atoms with Crippen LogP contribution < -0.4 is 0 Å². The van der Waals surface area contributed by atoms with Gasteiger partial charge in [0.05, 0.1) is 6.04 Å². The summed E-state index contributed by atoms with van der Waals surface area (Å²) in [7, 11) is 0. The number of fused-ring (bicyclic) bond motifs is 2. The van der Waals surface area contributed by atoms with E-state index in [0.717, 1.165) is 46.6 Å². The molecule has 3 nitrogen and oxygen atoms in total. The van der Waals surface area contributed by atoms with Gasteiger partial charge in [0.1, 0.15) is 17.5 Å². The lowest BCUT2D eigenvalue weighted by Gasteiger charge is -2.42. The van der Waals surface area contributed by atoms with Crippen LogP contribution in [0.15, 0.2) is 72.3 Å². The average Bonchev–Trinajstić information content (AvgIpc) is 3.18. The van der Waals surface area contributed by atoms with Crippen LogP contribution in [0.5, 0.6) is 0 Å². The van der Waals surface area contributed by atoms with Crippen LogP contribution in [0.4, 0.5) is 13.2 Å². The van der Waals surface area contributed by atoms with Gasteiger partial charge in [-0.2, -0.15) is 0 Å². The predicted molar refractivity (Wildman–Crippen MR) is 129 cm³/mol. The molecule has 6 heteroatoms. The third kappa shape index (κ3) is 4.30. The molecule has 5 rings (SSSR count). The molecule has 178 valence electrons. The molecular weight excluding hydrogens is 451 g/mol. The van der Waals surface area contributed by atoms with Crippen molar-refractivity contribution in [3.63, 3.8) is 0 Å². The molecule has 35 heavy (non-hydrogen) atoms. The molecule has 0 amide bonds. The van der Waals surface area contributed by atoms with E-state index in [1.807, 2.05) is 36.1 Å². The van der Waals surface area contributed by atoms with E-state index in [-0.39, 0.29) is 29.5 Å². The highest BCUT2D eigenvalue weighted by Crippen LogP contribution is 2.50. The number of rotatable bonds is 5. The fraction of sp³-hybridized carbons (Fsp3) is 0.207. The number of halogens is 3. The Morgan fingerprint density at radius 3 is 2.43 bits per heavy atom. The van der Waals surface area contributed by atoms with Crippen LogP contribution >= 0.6 is 0 Å². The maximum absolute atomic E-state index is 15.6. The number of carbonyl (C=O) groups is 1. The largest absolute Gasteiger partial charge is 0.478 e. The highest BCUT2D eigenvalue weighted by molar-refractivity contribution is 5.85. The third-order valence-electron chi connectivity index (χ3n) is 6.94. The SMILES string of the molecule is C[C@@H]1CC2=C(Cc3ccccc32)[C@@H](c2c(F)cc(/C=C/C(=O)O)cc2F)N1Cc1ccccc1F. The van der Waals surface area contributed by atoms with Crippen molar-refractivity contribution >= 4 is 17.6 Å². The van der Waals surface area contributed by atoms with Crippen molar-refractivity contribution in [3.8, 4) is 0 Å². The van der Waals surface area contributed by atoms with E-state index in [1.54, 1.807) is 18.2 Å². The number of benzene rings is 3. The third-order valence-corrected chi connectivity index (χ3v) is 6.94. The second-order valence-electron chi connectivity index (χ2n) is 9.13. The Bertz CT molecular complexity index is 1350. The van der Waals surface area contributed by atoms with Gasteiger partial charge < -0.3 is 5.11 Å². The molecule has 0 saturated heterocycles. The Morgan fingerprint density at radius 1 is 1.03 bits per heavy atom. The first kappa shape index (κ1) is 23.1. The van der Waals surface area contributed by atoms with Crippen molar-refractivity contribution in [2.75, 3.05) is 0 Å². The second-order valence-corrected chi connectivity index (χ2v) is 9.13. The van der Waals surface area contributed by atoms with Gasteiger partial charge in [0.2, 0.25) is 0 Å². The monoisotopic (exact) mass is 475 g/mol. The summed E-state index contributed by atoms with van der Waals surface area (Å²) in [5, 5.41) is 8.87. The van der Waals surface area contributed by atoms with Crippen LogP contribution in [-0.4, -0.2) is 22.0 Å². The van der Waals surface area contributed by atoms with E-state index in [4.69, 9.17) is 5.11 Å². The molecule has 0 saturated carbocycles. The van der Waals surface area contributed by atoms with Gasteiger partial charge in [-0.1, -0.05) is 42.5 Å². The van der Waals surface area contributed by atoms with Crippen molar-refractivity contribution in [1.29, 1.82) is 0 Å². The van der Waals surface area contributed by atoms with E-state index in [9.17, 15) is 9.18 Å². The highest BCUT2D eigenvalue weighted by atomic mass is 19.1. The molecule has 1 aliphatic heterocycles. The summed E-state index contributed by atoms with van der Waals surface area (Å²) < 4.78 is 45.8. The lowest BCUT2D eigenvalue weighted by atomic mass is 9.84. The molecule has 2 aliphatic rings. The molecule has 3 aromatic carbocycles. The first-order valence-corrected chi connectivity index (χ1v) is 11.5. The molecular formula is C29H24F3NO2. The molecule has 0 fully saturated rings. The minimum Gasteiger partial charge on any atom is -0.478 e. The Morgan fingerprint density at radius 2 is 1.71 bits per heavy atom. The summed E-state index contributed by atoms with van der Waals surface area (Å²) in [6.45, 7) is 2.20. The molecule has 0 bridgehead atoms. The Kier molecular flexibility index (Phi) is 6.07. The Hall–Kier alpha value is -3.64. The van der Waals surface area contributed by atoms with Crippen LogP contribution in [-0.2, 0) is 17.8 Å². The predicted octanol–water partition coefficient (Wildman–Crippen LogP) is 6.55. The first-order chi connectivity index (χ1) is 16.8. The highest BCUT2D eigenvalue weighted by Gasteiger charge is 2.41. The van der Waals surface area contributed by atoms with E-state index >= 15 is 8.78 Å². The minimum atomic E-state index is -1.20. The smallest absolute Gasteiger partial charge is 0.328 e. The summed E-state index contributed by atoms with van der Waals surface area (Å²) in [6, 6.07) is 15.9. The zero-order valence-electron chi connectivity index (χ0n) is 19.1. The molecule has 1 N–H and O–H groups in total. The second kappa shape index (κ2) is 9.19. The van der Waals surface area contributed by atoms with Gasteiger partial charge in [0.25, 0.3) is 0 Å². The van der Waals surface area contributed by atoms with Crippen LogP contribution in [0.25, 0.3) is 11.6 Å². The molecule has 3 aromatic rings. The van der Waals surface area contributed by atoms with Gasteiger partial charge in [0, 0.05) is 29.8 Å². The van der Waals surface area contributed by atoms with Crippen LogP contribution in [0.1, 0.15) is 47.2 Å². The van der Waals surface area contributed by atoms with Crippen molar-refractivity contribution in [3.05, 3.63) is 118 Å². The molecule has 0 radical (unpaired) electrons. The topological polar surface area (TPSA) is 40.5 Å². The van der Waals surface area contributed by atoms with Crippen molar-refractivity contribution < 1.29 is 23.1 Å². The fourth-order valence-electron chi connectivity index (χ4n) is 5.36. The minimum absolute atomic E-state index is 0.0966. The van der Waals surface area contributed by atoms with Gasteiger partial charge in [-0.25, -0.2) is 18.0 Å². The van der Waals surface area contributed by atoms with E-state index in [0.29, 0.717) is 18.4 Å². The Balaban J connectivity index is 1.65. The zero-order valence-corrected chi connectivity index (χ0v) is 19.1. The maximum Gasteiger partial charge on any atom is 0.328 e. The van der Waals surface area contributed by atoms with E-state index in [1.165, 1.54) is 6.07 Å². The van der Waals surface area contributed by atoms with Crippen molar-refractivity contribution in [1.82, 2.24) is 4.90 Å². The Labute approximate surface area is 201 Å².